The van der Waals surface area contributed by atoms with Crippen molar-refractivity contribution in [1.82, 2.24) is 10.2 Å². The van der Waals surface area contributed by atoms with Gasteiger partial charge in [-0.3, -0.25) is 4.79 Å². The lowest BCUT2D eigenvalue weighted by Gasteiger charge is -2.21. The maximum Gasteiger partial charge on any atom is 0.251 e. The molecule has 1 aromatic carbocycles. The highest BCUT2D eigenvalue weighted by Crippen LogP contribution is 2.18. The normalized spacial score (nSPS) is 11.5. The predicted molar refractivity (Wildman–Crippen MR) is 77.7 cm³/mol. The number of carbonyl (C=O) groups excluding carboxylic acids is 1. The van der Waals surface area contributed by atoms with E-state index in [1.807, 2.05) is 51.9 Å². The second kappa shape index (κ2) is 6.57. The summed E-state index contributed by atoms with van der Waals surface area (Å²) in [6, 6.07) is 7.22. The quantitative estimate of drug-likeness (QED) is 0.886. The van der Waals surface area contributed by atoms with Crippen molar-refractivity contribution in [3.8, 4) is 5.75 Å². The van der Waals surface area contributed by atoms with E-state index in [0.717, 1.165) is 12.3 Å². The molecule has 1 N–H and O–H groups in total. The average Bonchev–Trinajstić information content (AvgIpc) is 2.27. The Morgan fingerprint density at radius 2 is 1.79 bits per heavy atom. The van der Waals surface area contributed by atoms with E-state index in [1.165, 1.54) is 0 Å². The Bertz CT molecular complexity index is 405. The van der Waals surface area contributed by atoms with Crippen molar-refractivity contribution in [1.29, 1.82) is 0 Å². The molecule has 1 amide bonds. The van der Waals surface area contributed by atoms with Crippen LogP contribution in [0.3, 0.4) is 0 Å². The number of rotatable bonds is 5. The summed E-state index contributed by atoms with van der Waals surface area (Å²) >= 11 is 0. The number of likely N-dealkylation sites (N-methyl/N-ethyl adjacent to an activating group) is 1. The van der Waals surface area contributed by atoms with E-state index >= 15 is 0 Å². The van der Waals surface area contributed by atoms with Crippen LogP contribution in [0.5, 0.6) is 5.75 Å². The van der Waals surface area contributed by atoms with Crippen LogP contribution in [0, 0.1) is 0 Å². The Kier molecular flexibility index (Phi) is 5.36. The smallest absolute Gasteiger partial charge is 0.251 e. The van der Waals surface area contributed by atoms with E-state index in [2.05, 4.69) is 5.32 Å². The summed E-state index contributed by atoms with van der Waals surface area (Å²) in [5, 5.41) is 2.88. The van der Waals surface area contributed by atoms with E-state index in [1.54, 1.807) is 12.1 Å². The fourth-order valence-corrected chi connectivity index (χ4v) is 1.52. The van der Waals surface area contributed by atoms with E-state index < -0.39 is 0 Å². The van der Waals surface area contributed by atoms with Crippen LogP contribution in [-0.2, 0) is 0 Å². The number of ether oxygens (including phenoxy) is 1. The van der Waals surface area contributed by atoms with Crippen LogP contribution >= 0.6 is 0 Å². The average molecular weight is 264 g/mol. The first-order valence-electron chi connectivity index (χ1n) is 6.50. The molecule has 0 aliphatic heterocycles. The Hall–Kier alpha value is -1.55. The van der Waals surface area contributed by atoms with Gasteiger partial charge in [-0.05, 0) is 59.1 Å². The SMILES string of the molecule is CN(C)CCNC(=O)c1ccc(OC(C)(C)C)cc1. The zero-order valence-electron chi connectivity index (χ0n) is 12.5. The zero-order valence-corrected chi connectivity index (χ0v) is 12.5. The first-order chi connectivity index (χ1) is 8.78. The molecule has 0 fully saturated rings. The third-order valence-corrected chi connectivity index (χ3v) is 2.39. The molecule has 0 radical (unpaired) electrons. The van der Waals surface area contributed by atoms with Crippen LogP contribution in [-0.4, -0.2) is 43.6 Å². The fraction of sp³-hybridized carbons (Fsp3) is 0.533. The molecule has 0 saturated carbocycles. The van der Waals surface area contributed by atoms with Gasteiger partial charge >= 0.3 is 0 Å². The van der Waals surface area contributed by atoms with E-state index in [9.17, 15) is 4.79 Å². The van der Waals surface area contributed by atoms with Crippen molar-refractivity contribution in [2.24, 2.45) is 0 Å². The van der Waals surface area contributed by atoms with Gasteiger partial charge in [-0.25, -0.2) is 0 Å². The van der Waals surface area contributed by atoms with Gasteiger partial charge in [0.05, 0.1) is 0 Å². The van der Waals surface area contributed by atoms with Gasteiger partial charge in [0.1, 0.15) is 11.4 Å². The van der Waals surface area contributed by atoms with Crippen molar-refractivity contribution in [3.05, 3.63) is 29.8 Å². The number of nitrogens with one attached hydrogen (secondary N) is 1. The molecule has 1 rings (SSSR count). The first-order valence-corrected chi connectivity index (χ1v) is 6.50. The number of amides is 1. The molecule has 106 valence electrons. The highest BCUT2D eigenvalue weighted by molar-refractivity contribution is 5.94. The van der Waals surface area contributed by atoms with E-state index in [0.29, 0.717) is 12.1 Å². The van der Waals surface area contributed by atoms with Crippen LogP contribution in [0.15, 0.2) is 24.3 Å². The lowest BCUT2D eigenvalue weighted by atomic mass is 10.1. The van der Waals surface area contributed by atoms with Crippen LogP contribution < -0.4 is 10.1 Å². The van der Waals surface area contributed by atoms with Gasteiger partial charge in [0.25, 0.3) is 5.91 Å². The fourth-order valence-electron chi connectivity index (χ4n) is 1.52. The van der Waals surface area contributed by atoms with Crippen LogP contribution in [0.1, 0.15) is 31.1 Å². The summed E-state index contributed by atoms with van der Waals surface area (Å²) in [6.07, 6.45) is 0. The third kappa shape index (κ3) is 6.25. The summed E-state index contributed by atoms with van der Waals surface area (Å²) < 4.78 is 5.71. The lowest BCUT2D eigenvalue weighted by molar-refractivity contribution is 0.0951. The van der Waals surface area contributed by atoms with Gasteiger partial charge in [0.2, 0.25) is 0 Å². The molecule has 0 unspecified atom stereocenters. The topological polar surface area (TPSA) is 41.6 Å². The molecule has 0 bridgehead atoms. The standard InChI is InChI=1S/C15H24N2O2/c1-15(2,3)19-13-8-6-12(7-9-13)14(18)16-10-11-17(4)5/h6-9H,10-11H2,1-5H3,(H,16,18). The Labute approximate surface area is 115 Å². The van der Waals surface area contributed by atoms with Gasteiger partial charge in [0, 0.05) is 18.7 Å². The number of hydrogen-bond donors (Lipinski definition) is 1. The van der Waals surface area contributed by atoms with Gasteiger partial charge in [-0.1, -0.05) is 0 Å². The second-order valence-electron chi connectivity index (χ2n) is 5.80. The number of hydrogen-bond acceptors (Lipinski definition) is 3. The first kappa shape index (κ1) is 15.5. The van der Waals surface area contributed by atoms with E-state index in [4.69, 9.17) is 4.74 Å². The van der Waals surface area contributed by atoms with Crippen molar-refractivity contribution < 1.29 is 9.53 Å². The molecule has 19 heavy (non-hydrogen) atoms. The minimum atomic E-state index is -0.227. The number of nitrogens with zero attached hydrogens (tertiary/aromatic N) is 1. The van der Waals surface area contributed by atoms with Crippen LogP contribution in [0.25, 0.3) is 0 Å². The maximum absolute atomic E-state index is 11.9. The minimum Gasteiger partial charge on any atom is -0.488 e. The Morgan fingerprint density at radius 3 is 2.26 bits per heavy atom. The summed E-state index contributed by atoms with van der Waals surface area (Å²) in [5.74, 6) is 0.724. The molecule has 0 heterocycles. The van der Waals surface area contributed by atoms with Crippen molar-refractivity contribution in [2.75, 3.05) is 27.2 Å². The largest absolute Gasteiger partial charge is 0.488 e. The molecule has 0 saturated heterocycles. The summed E-state index contributed by atoms with van der Waals surface area (Å²) in [5.41, 5.74) is 0.426. The van der Waals surface area contributed by atoms with Gasteiger partial charge in [0.15, 0.2) is 0 Å². The number of carbonyl (C=O) groups is 1. The molecular weight excluding hydrogens is 240 g/mol. The van der Waals surface area contributed by atoms with Crippen molar-refractivity contribution in [2.45, 2.75) is 26.4 Å². The monoisotopic (exact) mass is 264 g/mol. The van der Waals surface area contributed by atoms with E-state index in [-0.39, 0.29) is 11.5 Å². The summed E-state index contributed by atoms with van der Waals surface area (Å²) in [6.45, 7) is 7.46. The molecule has 0 spiro atoms. The van der Waals surface area contributed by atoms with Crippen molar-refractivity contribution >= 4 is 5.91 Å². The Balaban J connectivity index is 2.53. The lowest BCUT2D eigenvalue weighted by Crippen LogP contribution is -2.31. The molecule has 0 aromatic heterocycles. The predicted octanol–water partition coefficient (Wildman–Crippen LogP) is 2.16. The summed E-state index contributed by atoms with van der Waals surface area (Å²) in [7, 11) is 3.95. The van der Waals surface area contributed by atoms with Crippen molar-refractivity contribution in [3.63, 3.8) is 0 Å². The molecule has 0 aliphatic carbocycles. The van der Waals surface area contributed by atoms with Crippen LogP contribution in [0.2, 0.25) is 0 Å². The highest BCUT2D eigenvalue weighted by atomic mass is 16.5. The number of benzene rings is 1. The third-order valence-electron chi connectivity index (χ3n) is 2.39. The summed E-state index contributed by atoms with van der Waals surface area (Å²) in [4.78, 5) is 13.9. The molecular formula is C15H24N2O2. The minimum absolute atomic E-state index is 0.0517. The molecule has 4 heteroatoms. The van der Waals surface area contributed by atoms with Crippen LogP contribution in [0.4, 0.5) is 0 Å². The van der Waals surface area contributed by atoms with Gasteiger partial charge in [-0.2, -0.15) is 0 Å². The van der Waals surface area contributed by atoms with Gasteiger partial charge < -0.3 is 15.0 Å². The second-order valence-corrected chi connectivity index (χ2v) is 5.80. The molecule has 0 aliphatic rings. The highest BCUT2D eigenvalue weighted by Gasteiger charge is 2.12. The maximum atomic E-state index is 11.9. The molecule has 4 nitrogen and oxygen atoms in total. The zero-order chi connectivity index (χ0) is 14.5. The molecule has 0 atom stereocenters. The van der Waals surface area contributed by atoms with Gasteiger partial charge in [-0.15, -0.1) is 0 Å². The molecule has 1 aromatic rings. The Morgan fingerprint density at radius 1 is 1.21 bits per heavy atom.